The van der Waals surface area contributed by atoms with Crippen molar-refractivity contribution in [2.45, 2.75) is 31.7 Å². The maximum atomic E-state index is 11.0. The van der Waals surface area contributed by atoms with Crippen molar-refractivity contribution >= 4 is 16.3 Å². The zero-order valence-electron chi connectivity index (χ0n) is 16.9. The van der Waals surface area contributed by atoms with Crippen LogP contribution in [0.15, 0.2) is 18.5 Å². The first kappa shape index (κ1) is 19.8. The molecule has 1 N–H and O–H groups in total. The van der Waals surface area contributed by atoms with Gasteiger partial charge in [-0.3, -0.25) is 4.90 Å². The quantitative estimate of drug-likeness (QED) is 0.656. The third kappa shape index (κ3) is 3.60. The second-order valence-electron chi connectivity index (χ2n) is 7.05. The smallest absolute Gasteiger partial charge is 0.230 e. The van der Waals surface area contributed by atoms with Crippen LogP contribution in [0.25, 0.3) is 4.96 Å². The Hall–Kier alpha value is -2.52. The number of likely N-dealkylation sites (tertiary alicyclic amines) is 1. The van der Waals surface area contributed by atoms with Crippen LogP contribution in [0.4, 0.5) is 0 Å². The van der Waals surface area contributed by atoms with Crippen molar-refractivity contribution < 1.29 is 19.3 Å². The number of aromatic nitrogens is 3. The molecule has 1 aliphatic rings. The molecule has 8 nitrogen and oxygen atoms in total. The van der Waals surface area contributed by atoms with E-state index < -0.39 is 0 Å². The maximum Gasteiger partial charge on any atom is 0.230 e. The fraction of sp³-hybridized carbons (Fsp3) is 0.500. The number of benzene rings is 1. The van der Waals surface area contributed by atoms with Gasteiger partial charge in [0.05, 0.1) is 32.2 Å². The van der Waals surface area contributed by atoms with Gasteiger partial charge in [0, 0.05) is 11.6 Å². The second-order valence-corrected chi connectivity index (χ2v) is 8.06. The second kappa shape index (κ2) is 8.46. The first-order valence-electron chi connectivity index (χ1n) is 9.73. The first-order chi connectivity index (χ1) is 14.2. The van der Waals surface area contributed by atoms with Gasteiger partial charge in [0.25, 0.3) is 0 Å². The molecule has 1 atom stereocenters. The lowest BCUT2D eigenvalue weighted by Gasteiger charge is -2.31. The summed E-state index contributed by atoms with van der Waals surface area (Å²) in [5.41, 5.74) is 0.894. The highest BCUT2D eigenvalue weighted by atomic mass is 32.1. The number of nitrogens with zero attached hydrogens (tertiary/aromatic N) is 4. The molecule has 3 heterocycles. The van der Waals surface area contributed by atoms with E-state index in [-0.39, 0.29) is 11.9 Å². The van der Waals surface area contributed by atoms with E-state index in [1.165, 1.54) is 35.0 Å². The van der Waals surface area contributed by atoms with Gasteiger partial charge in [0.2, 0.25) is 10.8 Å². The van der Waals surface area contributed by atoms with Crippen molar-refractivity contribution in [1.29, 1.82) is 0 Å². The molecule has 9 heteroatoms. The molecule has 29 heavy (non-hydrogen) atoms. The Morgan fingerprint density at radius 2 is 1.79 bits per heavy atom. The molecule has 4 rings (SSSR count). The number of aromatic hydroxyl groups is 1. The van der Waals surface area contributed by atoms with E-state index in [4.69, 9.17) is 14.2 Å². The molecular formula is C20H26N4O4S. The number of methoxy groups -OCH3 is 3. The van der Waals surface area contributed by atoms with E-state index in [0.717, 1.165) is 36.4 Å². The largest absolute Gasteiger partial charge is 0.497 e. The average Bonchev–Trinajstić information content (AvgIpc) is 3.21. The van der Waals surface area contributed by atoms with Crippen LogP contribution >= 0.6 is 11.3 Å². The minimum Gasteiger partial charge on any atom is -0.497 e. The fourth-order valence-electron chi connectivity index (χ4n) is 4.02. The minimum absolute atomic E-state index is 0.112. The lowest BCUT2D eigenvalue weighted by atomic mass is 10.0. The molecule has 1 aliphatic heterocycles. The number of rotatable bonds is 6. The molecule has 1 saturated heterocycles. The normalized spacial score (nSPS) is 16.5. The van der Waals surface area contributed by atoms with Gasteiger partial charge in [-0.2, -0.15) is 9.61 Å². The SMILES string of the molecule is COc1cc(OC)c(OC)c(C(c2sc3ncnn3c2O)N2CCCCCC2)c1. The third-order valence-corrected chi connectivity index (χ3v) is 6.49. The predicted octanol–water partition coefficient (Wildman–Crippen LogP) is 3.49. The molecule has 0 radical (unpaired) electrons. The molecule has 0 spiro atoms. The Bertz CT molecular complexity index is 978. The summed E-state index contributed by atoms with van der Waals surface area (Å²) in [5, 5.41) is 15.1. The Kier molecular flexibility index (Phi) is 5.77. The van der Waals surface area contributed by atoms with Gasteiger partial charge in [-0.05, 0) is 32.0 Å². The van der Waals surface area contributed by atoms with Crippen molar-refractivity contribution in [2.24, 2.45) is 0 Å². The highest BCUT2D eigenvalue weighted by Gasteiger charge is 2.33. The zero-order valence-corrected chi connectivity index (χ0v) is 17.7. The average molecular weight is 419 g/mol. The molecule has 0 amide bonds. The van der Waals surface area contributed by atoms with E-state index in [2.05, 4.69) is 15.0 Å². The van der Waals surface area contributed by atoms with Crippen LogP contribution in [0.5, 0.6) is 23.1 Å². The number of thiazole rings is 1. The van der Waals surface area contributed by atoms with Crippen molar-refractivity contribution in [1.82, 2.24) is 19.5 Å². The summed E-state index contributed by atoms with van der Waals surface area (Å²) >= 11 is 1.44. The lowest BCUT2D eigenvalue weighted by Crippen LogP contribution is -2.30. The maximum absolute atomic E-state index is 11.0. The molecule has 3 aromatic rings. The molecule has 1 unspecified atom stereocenters. The van der Waals surface area contributed by atoms with Gasteiger partial charge in [0.15, 0.2) is 11.5 Å². The summed E-state index contributed by atoms with van der Waals surface area (Å²) < 4.78 is 18.4. The molecule has 0 saturated carbocycles. The van der Waals surface area contributed by atoms with Gasteiger partial charge in [0.1, 0.15) is 12.1 Å². The van der Waals surface area contributed by atoms with E-state index >= 15 is 0 Å². The molecule has 2 aromatic heterocycles. The van der Waals surface area contributed by atoms with Crippen LogP contribution in [0, 0.1) is 0 Å². The van der Waals surface area contributed by atoms with Crippen LogP contribution in [-0.2, 0) is 0 Å². The van der Waals surface area contributed by atoms with Crippen LogP contribution in [-0.4, -0.2) is 59.0 Å². The van der Waals surface area contributed by atoms with E-state index in [9.17, 15) is 5.11 Å². The van der Waals surface area contributed by atoms with Crippen LogP contribution in [0.2, 0.25) is 0 Å². The summed E-state index contributed by atoms with van der Waals surface area (Å²) in [4.78, 5) is 8.11. The van der Waals surface area contributed by atoms with E-state index in [1.54, 1.807) is 21.3 Å². The van der Waals surface area contributed by atoms with Crippen LogP contribution < -0.4 is 14.2 Å². The summed E-state index contributed by atoms with van der Waals surface area (Å²) in [7, 11) is 4.88. The van der Waals surface area contributed by atoms with Crippen molar-refractivity contribution in [2.75, 3.05) is 34.4 Å². The first-order valence-corrected chi connectivity index (χ1v) is 10.5. The standard InChI is InChI=1S/C20H26N4O4S/c1-26-13-10-14(17(28-3)15(11-13)27-2)16(23-8-6-4-5-7-9-23)18-19(25)24-20(29-18)21-12-22-24/h10-12,16,25H,4-9H2,1-3H3. The monoisotopic (exact) mass is 418 g/mol. The summed E-state index contributed by atoms with van der Waals surface area (Å²) in [5.74, 6) is 2.03. The lowest BCUT2D eigenvalue weighted by molar-refractivity contribution is 0.226. The Labute approximate surface area is 173 Å². The Morgan fingerprint density at radius 1 is 1.03 bits per heavy atom. The van der Waals surface area contributed by atoms with Gasteiger partial charge >= 0.3 is 0 Å². The fourth-order valence-corrected chi connectivity index (χ4v) is 5.10. The zero-order chi connectivity index (χ0) is 20.4. The van der Waals surface area contributed by atoms with E-state index in [1.807, 2.05) is 12.1 Å². The molecule has 0 aliphatic carbocycles. The highest BCUT2D eigenvalue weighted by molar-refractivity contribution is 7.17. The van der Waals surface area contributed by atoms with Gasteiger partial charge in [-0.25, -0.2) is 4.98 Å². The molecule has 156 valence electrons. The van der Waals surface area contributed by atoms with Gasteiger partial charge in [-0.1, -0.05) is 24.2 Å². The Balaban J connectivity index is 1.93. The summed E-state index contributed by atoms with van der Waals surface area (Å²) in [6, 6.07) is 3.55. The van der Waals surface area contributed by atoms with Crippen LogP contribution in [0.3, 0.4) is 0 Å². The highest BCUT2D eigenvalue weighted by Crippen LogP contribution is 2.47. The number of ether oxygens (including phenoxy) is 3. The van der Waals surface area contributed by atoms with Gasteiger partial charge < -0.3 is 19.3 Å². The predicted molar refractivity (Wildman–Crippen MR) is 111 cm³/mol. The topological polar surface area (TPSA) is 81.3 Å². The van der Waals surface area contributed by atoms with Gasteiger partial charge in [-0.15, -0.1) is 0 Å². The number of fused-ring (bicyclic) bond motifs is 1. The van der Waals surface area contributed by atoms with Crippen LogP contribution in [0.1, 0.15) is 42.2 Å². The number of hydrogen-bond acceptors (Lipinski definition) is 8. The minimum atomic E-state index is -0.222. The Morgan fingerprint density at radius 3 is 2.41 bits per heavy atom. The van der Waals surface area contributed by atoms with E-state index in [0.29, 0.717) is 22.2 Å². The van der Waals surface area contributed by atoms with Crippen molar-refractivity contribution in [3.05, 3.63) is 28.9 Å². The molecule has 1 fully saturated rings. The van der Waals surface area contributed by atoms with Crippen molar-refractivity contribution in [3.8, 4) is 23.1 Å². The molecule has 1 aromatic carbocycles. The number of hydrogen-bond donors (Lipinski definition) is 1. The summed E-state index contributed by atoms with van der Waals surface area (Å²) in [6.45, 7) is 1.86. The summed E-state index contributed by atoms with van der Waals surface area (Å²) in [6.07, 6.45) is 6.10. The van der Waals surface area contributed by atoms with Crippen molar-refractivity contribution in [3.63, 3.8) is 0 Å². The third-order valence-electron chi connectivity index (χ3n) is 5.40. The molecular weight excluding hydrogens is 392 g/mol. The molecule has 0 bridgehead atoms.